The van der Waals surface area contributed by atoms with Gasteiger partial charge in [0.05, 0.1) is 17.3 Å². The molecule has 1 heterocycles. The molecular weight excluding hydrogens is 284 g/mol. The summed E-state index contributed by atoms with van der Waals surface area (Å²) in [6, 6.07) is 6.55. The molecule has 2 rings (SSSR count). The van der Waals surface area contributed by atoms with Gasteiger partial charge in [-0.1, -0.05) is 24.6 Å². The van der Waals surface area contributed by atoms with Gasteiger partial charge in [-0.3, -0.25) is 0 Å². The molecule has 0 aliphatic rings. The highest BCUT2D eigenvalue weighted by Gasteiger charge is 2.12. The monoisotopic (exact) mass is 306 g/mol. The summed E-state index contributed by atoms with van der Waals surface area (Å²) in [5, 5.41) is 4.17. The Labute approximate surface area is 131 Å². The summed E-state index contributed by atoms with van der Waals surface area (Å²) < 4.78 is 2.02. The Morgan fingerprint density at radius 2 is 2.19 bits per heavy atom. The molecule has 2 aromatic rings. The van der Waals surface area contributed by atoms with E-state index in [1.54, 1.807) is 0 Å². The van der Waals surface area contributed by atoms with Crippen LogP contribution in [-0.2, 0) is 13.6 Å². The van der Waals surface area contributed by atoms with E-state index in [0.717, 1.165) is 29.6 Å². The molecule has 0 aliphatic carbocycles. The third-order valence-electron chi connectivity index (χ3n) is 3.69. The van der Waals surface area contributed by atoms with Crippen molar-refractivity contribution < 1.29 is 0 Å². The number of halogens is 1. The summed E-state index contributed by atoms with van der Waals surface area (Å²) >= 11 is 6.45. The maximum atomic E-state index is 6.45. The second-order valence-electron chi connectivity index (χ2n) is 5.30. The first-order valence-electron chi connectivity index (χ1n) is 7.23. The number of hydrogen-bond acceptors (Lipinski definition) is 3. The fraction of sp³-hybridized carbons (Fsp3) is 0.438. The Hall–Kier alpha value is -1.52. The van der Waals surface area contributed by atoms with E-state index in [0.29, 0.717) is 6.04 Å². The van der Waals surface area contributed by atoms with Gasteiger partial charge >= 0.3 is 0 Å². The highest BCUT2D eigenvalue weighted by molar-refractivity contribution is 6.33. The lowest BCUT2D eigenvalue weighted by molar-refractivity contribution is 0.598. The first-order chi connectivity index (χ1) is 10.0. The molecule has 1 unspecified atom stereocenters. The fourth-order valence-corrected chi connectivity index (χ4v) is 2.71. The Bertz CT molecular complexity index is 594. The molecule has 0 spiro atoms. The smallest absolute Gasteiger partial charge is 0.127 e. The molecule has 0 bridgehead atoms. The maximum Gasteiger partial charge on any atom is 0.127 e. The molecule has 0 fully saturated rings. The van der Waals surface area contributed by atoms with Crippen molar-refractivity contribution >= 4 is 17.3 Å². The minimum absolute atomic E-state index is 0.307. The minimum Gasteiger partial charge on any atom is -0.366 e. The SMILES string of the molecule is CCNC(C)c1ccc(N(C)Cc2nccn2C)c(Cl)c1. The molecule has 21 heavy (non-hydrogen) atoms. The fourth-order valence-electron chi connectivity index (χ4n) is 2.37. The predicted octanol–water partition coefficient (Wildman–Crippen LogP) is 3.38. The van der Waals surface area contributed by atoms with E-state index in [9.17, 15) is 0 Å². The van der Waals surface area contributed by atoms with E-state index < -0.39 is 0 Å². The van der Waals surface area contributed by atoms with Crippen molar-refractivity contribution in [3.63, 3.8) is 0 Å². The minimum atomic E-state index is 0.307. The van der Waals surface area contributed by atoms with Gasteiger partial charge in [-0.2, -0.15) is 0 Å². The lowest BCUT2D eigenvalue weighted by Crippen LogP contribution is -2.20. The van der Waals surface area contributed by atoms with Crippen LogP contribution in [0.2, 0.25) is 5.02 Å². The molecule has 114 valence electrons. The molecule has 1 aromatic carbocycles. The van der Waals surface area contributed by atoms with Crippen LogP contribution in [0.1, 0.15) is 31.3 Å². The van der Waals surface area contributed by atoms with Crippen LogP contribution >= 0.6 is 11.6 Å². The van der Waals surface area contributed by atoms with Crippen molar-refractivity contribution in [2.24, 2.45) is 7.05 Å². The van der Waals surface area contributed by atoms with Crippen LogP contribution in [0.4, 0.5) is 5.69 Å². The van der Waals surface area contributed by atoms with E-state index in [4.69, 9.17) is 11.6 Å². The van der Waals surface area contributed by atoms with E-state index in [2.05, 4.69) is 41.2 Å². The second-order valence-corrected chi connectivity index (χ2v) is 5.71. The summed E-state index contributed by atoms with van der Waals surface area (Å²) in [5.74, 6) is 1.01. The van der Waals surface area contributed by atoms with E-state index in [1.165, 1.54) is 5.56 Å². The molecule has 0 saturated carbocycles. The zero-order chi connectivity index (χ0) is 15.4. The molecule has 1 atom stereocenters. The Morgan fingerprint density at radius 1 is 1.43 bits per heavy atom. The summed E-state index contributed by atoms with van der Waals surface area (Å²) in [4.78, 5) is 6.47. The van der Waals surface area contributed by atoms with Crippen molar-refractivity contribution in [2.75, 3.05) is 18.5 Å². The Kier molecular flexibility index (Phi) is 5.26. The second kappa shape index (κ2) is 6.96. The average Bonchev–Trinajstić information content (AvgIpc) is 2.84. The molecule has 4 nitrogen and oxygen atoms in total. The van der Waals surface area contributed by atoms with Gasteiger partial charge in [0.15, 0.2) is 0 Å². The maximum absolute atomic E-state index is 6.45. The number of aryl methyl sites for hydroxylation is 1. The first kappa shape index (κ1) is 15.9. The number of hydrogen-bond donors (Lipinski definition) is 1. The van der Waals surface area contributed by atoms with Gasteiger partial charge in [-0.25, -0.2) is 4.98 Å². The highest BCUT2D eigenvalue weighted by Crippen LogP contribution is 2.29. The lowest BCUT2D eigenvalue weighted by Gasteiger charge is -2.22. The molecule has 1 aromatic heterocycles. The number of rotatable bonds is 6. The van der Waals surface area contributed by atoms with Crippen LogP contribution in [-0.4, -0.2) is 23.1 Å². The number of nitrogens with one attached hydrogen (secondary N) is 1. The third kappa shape index (κ3) is 3.77. The molecule has 0 saturated heterocycles. The predicted molar refractivity (Wildman–Crippen MR) is 88.9 cm³/mol. The normalized spacial score (nSPS) is 12.4. The van der Waals surface area contributed by atoms with Gasteiger partial charge in [0, 0.05) is 32.5 Å². The zero-order valence-corrected chi connectivity index (χ0v) is 13.9. The molecule has 0 amide bonds. The summed E-state index contributed by atoms with van der Waals surface area (Å²) in [7, 11) is 4.03. The number of nitrogens with zero attached hydrogens (tertiary/aromatic N) is 3. The van der Waals surface area contributed by atoms with Crippen molar-refractivity contribution in [1.82, 2.24) is 14.9 Å². The highest BCUT2D eigenvalue weighted by atomic mass is 35.5. The topological polar surface area (TPSA) is 33.1 Å². The summed E-state index contributed by atoms with van der Waals surface area (Å²) in [5.41, 5.74) is 2.23. The lowest BCUT2D eigenvalue weighted by atomic mass is 10.1. The number of benzene rings is 1. The van der Waals surface area contributed by atoms with Gasteiger partial charge in [0.2, 0.25) is 0 Å². The molecular formula is C16H23ClN4. The summed E-state index contributed by atoms with van der Waals surface area (Å²) in [6.45, 7) is 5.92. The van der Waals surface area contributed by atoms with Crippen molar-refractivity contribution in [2.45, 2.75) is 26.4 Å². The third-order valence-corrected chi connectivity index (χ3v) is 4.00. The zero-order valence-electron chi connectivity index (χ0n) is 13.1. The average molecular weight is 307 g/mol. The van der Waals surface area contributed by atoms with Crippen molar-refractivity contribution in [1.29, 1.82) is 0 Å². The van der Waals surface area contributed by atoms with Gasteiger partial charge in [0.25, 0.3) is 0 Å². The van der Waals surface area contributed by atoms with Crippen LogP contribution in [0.5, 0.6) is 0 Å². The van der Waals surface area contributed by atoms with Crippen LogP contribution < -0.4 is 10.2 Å². The van der Waals surface area contributed by atoms with Gasteiger partial charge in [0.1, 0.15) is 5.82 Å². The van der Waals surface area contributed by atoms with Crippen LogP contribution in [0.3, 0.4) is 0 Å². The van der Waals surface area contributed by atoms with E-state index in [1.807, 2.05) is 37.1 Å². The van der Waals surface area contributed by atoms with Crippen LogP contribution in [0.15, 0.2) is 30.6 Å². The number of imidazole rings is 1. The molecule has 5 heteroatoms. The largest absolute Gasteiger partial charge is 0.366 e. The van der Waals surface area contributed by atoms with Gasteiger partial charge in [-0.15, -0.1) is 0 Å². The van der Waals surface area contributed by atoms with Crippen LogP contribution in [0.25, 0.3) is 0 Å². The first-order valence-corrected chi connectivity index (χ1v) is 7.61. The molecule has 0 radical (unpaired) electrons. The summed E-state index contributed by atoms with van der Waals surface area (Å²) in [6.07, 6.45) is 3.76. The van der Waals surface area contributed by atoms with Gasteiger partial charge in [-0.05, 0) is 31.2 Å². The van der Waals surface area contributed by atoms with E-state index >= 15 is 0 Å². The van der Waals surface area contributed by atoms with Crippen molar-refractivity contribution in [3.05, 3.63) is 47.0 Å². The quantitative estimate of drug-likeness (QED) is 0.888. The van der Waals surface area contributed by atoms with Crippen molar-refractivity contribution in [3.8, 4) is 0 Å². The molecule has 0 aliphatic heterocycles. The number of anilines is 1. The standard InChI is InChI=1S/C16H23ClN4/c1-5-18-12(2)13-6-7-15(14(17)10-13)21(4)11-16-19-8-9-20(16)3/h6-10,12,18H,5,11H2,1-4H3. The van der Waals surface area contributed by atoms with E-state index in [-0.39, 0.29) is 0 Å². The Morgan fingerprint density at radius 3 is 2.76 bits per heavy atom. The van der Waals surface area contributed by atoms with Gasteiger partial charge < -0.3 is 14.8 Å². The van der Waals surface area contributed by atoms with Crippen LogP contribution in [0, 0.1) is 0 Å². The number of aromatic nitrogens is 2. The Balaban J connectivity index is 2.15. The molecule has 1 N–H and O–H groups in total.